The standard InChI is InChI=1S/C25H24ClN3O/c1-18(2)29(20-11-4-3-5-12-20)25(30)17-28-23-15-9-8-14-22(23)27-24(28)16-19-10-6-7-13-21(19)26/h3-15,18H,16-17H2,1-2H3. The molecule has 30 heavy (non-hydrogen) atoms. The van der Waals surface area contributed by atoms with E-state index in [0.29, 0.717) is 11.4 Å². The van der Waals surface area contributed by atoms with E-state index in [0.717, 1.165) is 28.1 Å². The SMILES string of the molecule is CC(C)N(C(=O)Cn1c(Cc2ccccc2Cl)nc2ccccc21)c1ccccc1. The summed E-state index contributed by atoms with van der Waals surface area (Å²) in [4.78, 5) is 20.1. The van der Waals surface area contributed by atoms with Crippen LogP contribution < -0.4 is 4.90 Å². The van der Waals surface area contributed by atoms with Crippen LogP contribution in [0.1, 0.15) is 25.2 Å². The number of halogens is 1. The summed E-state index contributed by atoms with van der Waals surface area (Å²) in [7, 11) is 0. The van der Waals surface area contributed by atoms with E-state index in [1.165, 1.54) is 0 Å². The van der Waals surface area contributed by atoms with Gasteiger partial charge in [-0.3, -0.25) is 4.79 Å². The maximum Gasteiger partial charge on any atom is 0.247 e. The number of para-hydroxylation sites is 3. The van der Waals surface area contributed by atoms with Gasteiger partial charge < -0.3 is 9.47 Å². The highest BCUT2D eigenvalue weighted by Gasteiger charge is 2.22. The lowest BCUT2D eigenvalue weighted by molar-refractivity contribution is -0.119. The molecular weight excluding hydrogens is 394 g/mol. The van der Waals surface area contributed by atoms with Gasteiger partial charge in [0.15, 0.2) is 0 Å². The van der Waals surface area contributed by atoms with Crippen molar-refractivity contribution in [1.29, 1.82) is 0 Å². The van der Waals surface area contributed by atoms with Gasteiger partial charge in [0.1, 0.15) is 12.4 Å². The van der Waals surface area contributed by atoms with E-state index in [1.54, 1.807) is 0 Å². The van der Waals surface area contributed by atoms with E-state index in [1.807, 2.05) is 102 Å². The molecule has 0 N–H and O–H groups in total. The highest BCUT2D eigenvalue weighted by Crippen LogP contribution is 2.24. The number of hydrogen-bond acceptors (Lipinski definition) is 2. The van der Waals surface area contributed by atoms with Gasteiger partial charge >= 0.3 is 0 Å². The number of carbonyl (C=O) groups excluding carboxylic acids is 1. The highest BCUT2D eigenvalue weighted by molar-refractivity contribution is 6.31. The molecule has 0 atom stereocenters. The molecule has 3 aromatic carbocycles. The molecule has 0 aliphatic heterocycles. The average Bonchev–Trinajstić information content (AvgIpc) is 3.07. The number of fused-ring (bicyclic) bond motifs is 1. The predicted octanol–water partition coefficient (Wildman–Crippen LogP) is 5.72. The first-order valence-electron chi connectivity index (χ1n) is 10.1. The second kappa shape index (κ2) is 8.72. The Morgan fingerprint density at radius 3 is 2.37 bits per heavy atom. The first-order valence-corrected chi connectivity index (χ1v) is 10.5. The average molecular weight is 418 g/mol. The number of aromatic nitrogens is 2. The van der Waals surface area contributed by atoms with Crippen molar-refractivity contribution in [2.24, 2.45) is 0 Å². The highest BCUT2D eigenvalue weighted by atomic mass is 35.5. The number of hydrogen-bond donors (Lipinski definition) is 0. The Balaban J connectivity index is 1.72. The summed E-state index contributed by atoms with van der Waals surface area (Å²) in [6.07, 6.45) is 0.564. The molecule has 4 aromatic rings. The van der Waals surface area contributed by atoms with E-state index in [9.17, 15) is 4.79 Å². The minimum Gasteiger partial charge on any atom is -0.318 e. The van der Waals surface area contributed by atoms with Crippen molar-refractivity contribution in [2.45, 2.75) is 32.9 Å². The van der Waals surface area contributed by atoms with Crippen LogP contribution in [0.4, 0.5) is 5.69 Å². The Hall–Kier alpha value is -3.11. The van der Waals surface area contributed by atoms with E-state index in [2.05, 4.69) is 0 Å². The molecule has 4 nitrogen and oxygen atoms in total. The van der Waals surface area contributed by atoms with Crippen LogP contribution in [0, 0.1) is 0 Å². The zero-order valence-corrected chi connectivity index (χ0v) is 17.9. The van der Waals surface area contributed by atoms with Crippen molar-refractivity contribution in [2.75, 3.05) is 4.90 Å². The van der Waals surface area contributed by atoms with E-state index in [-0.39, 0.29) is 18.5 Å². The quantitative estimate of drug-likeness (QED) is 0.402. The summed E-state index contributed by atoms with van der Waals surface area (Å²) in [6, 6.07) is 25.5. The lowest BCUT2D eigenvalue weighted by Gasteiger charge is -2.27. The lowest BCUT2D eigenvalue weighted by Crippen LogP contribution is -2.39. The van der Waals surface area contributed by atoms with Crippen molar-refractivity contribution in [3.8, 4) is 0 Å². The molecule has 4 rings (SSSR count). The summed E-state index contributed by atoms with van der Waals surface area (Å²) < 4.78 is 2.01. The topological polar surface area (TPSA) is 38.1 Å². The largest absolute Gasteiger partial charge is 0.318 e. The fourth-order valence-electron chi connectivity index (χ4n) is 3.78. The van der Waals surface area contributed by atoms with Crippen molar-refractivity contribution in [3.05, 3.63) is 95.3 Å². The number of rotatable bonds is 6. The van der Waals surface area contributed by atoms with Crippen molar-refractivity contribution < 1.29 is 4.79 Å². The zero-order valence-electron chi connectivity index (χ0n) is 17.1. The molecule has 5 heteroatoms. The number of benzene rings is 3. The number of carbonyl (C=O) groups is 1. The maximum atomic E-state index is 13.4. The molecule has 0 aliphatic carbocycles. The van der Waals surface area contributed by atoms with E-state index in [4.69, 9.17) is 16.6 Å². The third-order valence-electron chi connectivity index (χ3n) is 5.15. The van der Waals surface area contributed by atoms with Crippen molar-refractivity contribution in [1.82, 2.24) is 9.55 Å². The molecule has 0 saturated heterocycles. The first-order chi connectivity index (χ1) is 14.5. The van der Waals surface area contributed by atoms with Crippen molar-refractivity contribution >= 4 is 34.2 Å². The van der Waals surface area contributed by atoms with Gasteiger partial charge in [0, 0.05) is 23.2 Å². The third-order valence-corrected chi connectivity index (χ3v) is 5.52. The normalized spacial score (nSPS) is 11.2. The third kappa shape index (κ3) is 4.10. The fraction of sp³-hybridized carbons (Fsp3) is 0.200. The van der Waals surface area contributed by atoms with Crippen LogP contribution in [0.3, 0.4) is 0 Å². The van der Waals surface area contributed by atoms with Crippen LogP contribution in [0.2, 0.25) is 5.02 Å². The monoisotopic (exact) mass is 417 g/mol. The summed E-state index contributed by atoms with van der Waals surface area (Å²) in [5.41, 5.74) is 3.72. The zero-order chi connectivity index (χ0) is 21.1. The van der Waals surface area contributed by atoms with Crippen LogP contribution in [0.25, 0.3) is 11.0 Å². The van der Waals surface area contributed by atoms with Gasteiger partial charge in [-0.25, -0.2) is 4.98 Å². The van der Waals surface area contributed by atoms with Gasteiger partial charge in [-0.15, -0.1) is 0 Å². The van der Waals surface area contributed by atoms with Gasteiger partial charge in [-0.05, 0) is 49.7 Å². The van der Waals surface area contributed by atoms with Crippen LogP contribution in [-0.2, 0) is 17.8 Å². The summed E-state index contributed by atoms with van der Waals surface area (Å²) >= 11 is 6.39. The Labute approximate surface area is 181 Å². The molecule has 152 valence electrons. The molecule has 0 aliphatic rings. The van der Waals surface area contributed by atoms with Gasteiger partial charge in [-0.1, -0.05) is 60.1 Å². The Morgan fingerprint density at radius 1 is 0.967 bits per heavy atom. The Morgan fingerprint density at radius 2 is 1.63 bits per heavy atom. The number of imidazole rings is 1. The number of amides is 1. The van der Waals surface area contributed by atoms with Gasteiger partial charge in [-0.2, -0.15) is 0 Å². The molecule has 0 unspecified atom stereocenters. The second-order valence-electron chi connectivity index (χ2n) is 7.56. The van der Waals surface area contributed by atoms with Gasteiger partial charge in [0.05, 0.1) is 11.0 Å². The maximum absolute atomic E-state index is 13.4. The molecule has 0 spiro atoms. The summed E-state index contributed by atoms with van der Waals surface area (Å²) in [5, 5.41) is 0.704. The fourth-order valence-corrected chi connectivity index (χ4v) is 3.98. The molecule has 0 saturated carbocycles. The van der Waals surface area contributed by atoms with Gasteiger partial charge in [0.2, 0.25) is 5.91 Å². The van der Waals surface area contributed by atoms with Gasteiger partial charge in [0.25, 0.3) is 0 Å². The minimum atomic E-state index is 0.0276. The van der Waals surface area contributed by atoms with Crippen LogP contribution in [0.5, 0.6) is 0 Å². The molecule has 0 fully saturated rings. The smallest absolute Gasteiger partial charge is 0.247 e. The molecular formula is C25H24ClN3O. The number of nitrogens with zero attached hydrogens (tertiary/aromatic N) is 3. The lowest BCUT2D eigenvalue weighted by atomic mass is 10.1. The number of anilines is 1. The minimum absolute atomic E-state index is 0.0276. The predicted molar refractivity (Wildman–Crippen MR) is 123 cm³/mol. The van der Waals surface area contributed by atoms with E-state index >= 15 is 0 Å². The molecule has 0 radical (unpaired) electrons. The molecule has 1 heterocycles. The molecule has 1 aromatic heterocycles. The molecule has 0 bridgehead atoms. The first kappa shape index (κ1) is 20.2. The van der Waals surface area contributed by atoms with Crippen LogP contribution >= 0.6 is 11.6 Å². The Bertz CT molecular complexity index is 1170. The second-order valence-corrected chi connectivity index (χ2v) is 7.97. The van der Waals surface area contributed by atoms with Crippen molar-refractivity contribution in [3.63, 3.8) is 0 Å². The van der Waals surface area contributed by atoms with Crippen LogP contribution in [0.15, 0.2) is 78.9 Å². The van der Waals surface area contributed by atoms with Crippen LogP contribution in [-0.4, -0.2) is 21.5 Å². The Kier molecular flexibility index (Phi) is 5.86. The van der Waals surface area contributed by atoms with E-state index < -0.39 is 0 Å². The summed E-state index contributed by atoms with van der Waals surface area (Å²) in [6.45, 7) is 4.27. The summed E-state index contributed by atoms with van der Waals surface area (Å²) in [5.74, 6) is 0.856. The molecule has 1 amide bonds.